The van der Waals surface area contributed by atoms with Crippen molar-refractivity contribution in [2.75, 3.05) is 6.61 Å². The van der Waals surface area contributed by atoms with Gasteiger partial charge in [-0.2, -0.15) is 0 Å². The molecular formula is C12H13ClN2O3. The molecule has 2 aliphatic heterocycles. The Morgan fingerprint density at radius 2 is 2.22 bits per heavy atom. The second kappa shape index (κ2) is 4.10. The zero-order valence-corrected chi connectivity index (χ0v) is 10.7. The Hall–Kier alpha value is -1.33. The summed E-state index contributed by atoms with van der Waals surface area (Å²) < 4.78 is 7.31. The number of carbonyl (C=O) groups is 1. The molecule has 2 aliphatic rings. The van der Waals surface area contributed by atoms with Gasteiger partial charge in [-0.15, -0.1) is 0 Å². The lowest BCUT2D eigenvalue weighted by molar-refractivity contribution is -0.112. The number of carbonyl (C=O) groups excluding carboxylic acids is 1. The van der Waals surface area contributed by atoms with Crippen LogP contribution in [0.3, 0.4) is 0 Å². The molecule has 3 heterocycles. The number of amides is 1. The molecule has 0 saturated carbocycles. The van der Waals surface area contributed by atoms with Crippen LogP contribution in [0.4, 0.5) is 0 Å². The van der Waals surface area contributed by atoms with Crippen LogP contribution in [0.5, 0.6) is 0 Å². The van der Waals surface area contributed by atoms with Gasteiger partial charge >= 0.3 is 0 Å². The molecule has 0 aliphatic carbocycles. The van der Waals surface area contributed by atoms with Crippen LogP contribution in [0.1, 0.15) is 23.8 Å². The number of pyridine rings is 1. The topological polar surface area (TPSA) is 51.5 Å². The fourth-order valence-corrected chi connectivity index (χ4v) is 2.81. The van der Waals surface area contributed by atoms with E-state index in [2.05, 4.69) is 0 Å². The van der Waals surface area contributed by atoms with Crippen LogP contribution in [0.2, 0.25) is 5.02 Å². The molecule has 6 heteroatoms. The highest BCUT2D eigenvalue weighted by atomic mass is 35.5. The third-order valence-corrected chi connectivity index (χ3v) is 3.90. The fourth-order valence-electron chi connectivity index (χ4n) is 2.56. The van der Waals surface area contributed by atoms with Crippen molar-refractivity contribution in [3.8, 4) is 0 Å². The predicted molar refractivity (Wildman–Crippen MR) is 65.7 cm³/mol. The number of nitrogens with zero attached hydrogens (tertiary/aromatic N) is 2. The van der Waals surface area contributed by atoms with E-state index in [9.17, 15) is 9.59 Å². The number of aromatic nitrogens is 1. The van der Waals surface area contributed by atoms with Gasteiger partial charge in [0.1, 0.15) is 10.7 Å². The Kier molecular flexibility index (Phi) is 2.68. The quantitative estimate of drug-likeness (QED) is 0.708. The molecule has 3 rings (SSSR count). The highest BCUT2D eigenvalue weighted by molar-refractivity contribution is 6.33. The third kappa shape index (κ3) is 1.58. The van der Waals surface area contributed by atoms with Crippen molar-refractivity contribution in [2.45, 2.75) is 32.2 Å². The zero-order valence-electron chi connectivity index (χ0n) is 9.93. The van der Waals surface area contributed by atoms with Crippen molar-refractivity contribution in [1.29, 1.82) is 0 Å². The molecule has 2 atom stereocenters. The standard InChI is InChI=1S/C12H13ClN2O3/c1-7-3-5-18-9-6-14-4-2-8(16)10(13)11(14)12(17)15(7)9/h2,4,7,9H,3,5-6H2,1H3/t7-,9?/m1/s1. The Balaban J connectivity index is 2.13. The van der Waals surface area contributed by atoms with E-state index < -0.39 is 0 Å². The van der Waals surface area contributed by atoms with Crippen LogP contribution >= 0.6 is 11.6 Å². The van der Waals surface area contributed by atoms with Crippen LogP contribution in [0.15, 0.2) is 17.1 Å². The summed E-state index contributed by atoms with van der Waals surface area (Å²) in [6, 6.07) is 1.48. The van der Waals surface area contributed by atoms with Gasteiger partial charge < -0.3 is 14.2 Å². The van der Waals surface area contributed by atoms with Gasteiger partial charge in [0.2, 0.25) is 5.43 Å². The van der Waals surface area contributed by atoms with Crippen molar-refractivity contribution in [3.05, 3.63) is 33.2 Å². The molecule has 0 aromatic carbocycles. The van der Waals surface area contributed by atoms with Crippen LogP contribution in [0, 0.1) is 0 Å². The molecule has 18 heavy (non-hydrogen) atoms. The minimum absolute atomic E-state index is 0.00118. The number of hydrogen-bond donors (Lipinski definition) is 0. The summed E-state index contributed by atoms with van der Waals surface area (Å²) in [6.45, 7) is 3.16. The van der Waals surface area contributed by atoms with E-state index in [1.54, 1.807) is 15.7 Å². The second-order valence-electron chi connectivity index (χ2n) is 4.67. The van der Waals surface area contributed by atoms with Gasteiger partial charge in [-0.1, -0.05) is 11.6 Å². The van der Waals surface area contributed by atoms with Gasteiger partial charge in [-0.05, 0) is 13.3 Å². The number of fused-ring (bicyclic) bond motifs is 2. The summed E-state index contributed by atoms with van der Waals surface area (Å²) in [7, 11) is 0. The molecule has 0 spiro atoms. The molecule has 1 aromatic rings. The maximum atomic E-state index is 12.4. The average Bonchev–Trinajstić information content (AvgIpc) is 2.34. The molecule has 1 unspecified atom stereocenters. The van der Waals surface area contributed by atoms with E-state index in [0.29, 0.717) is 13.2 Å². The molecule has 0 bridgehead atoms. The van der Waals surface area contributed by atoms with Crippen LogP contribution in [-0.4, -0.2) is 34.3 Å². The molecule has 1 fully saturated rings. The predicted octanol–water partition coefficient (Wildman–Crippen LogP) is 1.09. The number of halogens is 1. The molecule has 0 N–H and O–H groups in total. The second-order valence-corrected chi connectivity index (χ2v) is 5.05. The zero-order chi connectivity index (χ0) is 12.9. The first kappa shape index (κ1) is 11.7. The Bertz CT molecular complexity index is 569. The SMILES string of the molecule is C[C@@H]1CCOC2Cn3ccc(=O)c(Cl)c3C(=O)N21. The molecular weight excluding hydrogens is 256 g/mol. The fraction of sp³-hybridized carbons (Fsp3) is 0.500. The molecule has 5 nitrogen and oxygen atoms in total. The van der Waals surface area contributed by atoms with E-state index in [4.69, 9.17) is 16.3 Å². The molecule has 0 radical (unpaired) electrons. The molecule has 1 saturated heterocycles. The normalized spacial score (nSPS) is 26.8. The van der Waals surface area contributed by atoms with Gasteiger partial charge in [0.05, 0.1) is 13.2 Å². The Morgan fingerprint density at radius 1 is 1.44 bits per heavy atom. The highest BCUT2D eigenvalue weighted by Gasteiger charge is 2.39. The summed E-state index contributed by atoms with van der Waals surface area (Å²) in [4.78, 5) is 25.7. The molecule has 1 aromatic heterocycles. The lowest BCUT2D eigenvalue weighted by Gasteiger charge is -2.44. The monoisotopic (exact) mass is 268 g/mol. The minimum Gasteiger partial charge on any atom is -0.356 e. The summed E-state index contributed by atoms with van der Waals surface area (Å²) in [6.07, 6.45) is 2.14. The van der Waals surface area contributed by atoms with Crippen LogP contribution in [-0.2, 0) is 11.3 Å². The number of ether oxygens (including phenoxy) is 1. The Morgan fingerprint density at radius 3 is 3.00 bits per heavy atom. The maximum Gasteiger partial charge on any atom is 0.274 e. The first-order chi connectivity index (χ1) is 8.59. The smallest absolute Gasteiger partial charge is 0.274 e. The average molecular weight is 269 g/mol. The largest absolute Gasteiger partial charge is 0.356 e. The summed E-state index contributed by atoms with van der Waals surface area (Å²) >= 11 is 5.96. The van der Waals surface area contributed by atoms with Crippen molar-refractivity contribution in [3.63, 3.8) is 0 Å². The number of hydrogen-bond acceptors (Lipinski definition) is 3. The Labute approximate surface area is 109 Å². The third-order valence-electron chi connectivity index (χ3n) is 3.54. The van der Waals surface area contributed by atoms with Crippen molar-refractivity contribution < 1.29 is 9.53 Å². The van der Waals surface area contributed by atoms with E-state index in [1.807, 2.05) is 6.92 Å². The first-order valence-electron chi connectivity index (χ1n) is 5.93. The minimum atomic E-state index is -0.319. The van der Waals surface area contributed by atoms with Crippen molar-refractivity contribution >= 4 is 17.5 Å². The van der Waals surface area contributed by atoms with Crippen molar-refractivity contribution in [1.82, 2.24) is 9.47 Å². The van der Waals surface area contributed by atoms with Crippen LogP contribution < -0.4 is 5.43 Å². The van der Waals surface area contributed by atoms with E-state index in [-0.39, 0.29) is 34.3 Å². The lowest BCUT2D eigenvalue weighted by atomic mass is 10.1. The first-order valence-corrected chi connectivity index (χ1v) is 6.30. The van der Waals surface area contributed by atoms with E-state index >= 15 is 0 Å². The van der Waals surface area contributed by atoms with E-state index in [0.717, 1.165) is 6.42 Å². The van der Waals surface area contributed by atoms with Crippen molar-refractivity contribution in [2.24, 2.45) is 0 Å². The van der Waals surface area contributed by atoms with Crippen LogP contribution in [0.25, 0.3) is 0 Å². The highest BCUT2D eigenvalue weighted by Crippen LogP contribution is 2.27. The molecule has 1 amide bonds. The maximum absolute atomic E-state index is 12.4. The lowest BCUT2D eigenvalue weighted by Crippen LogP contribution is -2.56. The van der Waals surface area contributed by atoms with Gasteiger partial charge in [-0.3, -0.25) is 9.59 Å². The number of rotatable bonds is 0. The summed E-state index contributed by atoms with van der Waals surface area (Å²) in [5.41, 5.74) is -0.0435. The van der Waals surface area contributed by atoms with Gasteiger partial charge in [0.15, 0.2) is 6.23 Å². The van der Waals surface area contributed by atoms with Gasteiger partial charge in [0.25, 0.3) is 5.91 Å². The van der Waals surface area contributed by atoms with E-state index in [1.165, 1.54) is 6.07 Å². The molecule has 96 valence electrons. The summed E-state index contributed by atoms with van der Waals surface area (Å²) in [5, 5.41) is -0.00118. The van der Waals surface area contributed by atoms with Gasteiger partial charge in [-0.25, -0.2) is 0 Å². The summed E-state index contributed by atoms with van der Waals surface area (Å²) in [5.74, 6) is -0.221. The van der Waals surface area contributed by atoms with Gasteiger partial charge in [0, 0.05) is 18.3 Å².